The highest BCUT2D eigenvalue weighted by molar-refractivity contribution is 6.42. The molecule has 6 heteroatoms. The lowest BCUT2D eigenvalue weighted by atomic mass is 10.1. The van der Waals surface area contributed by atoms with Crippen LogP contribution in [0.15, 0.2) is 18.2 Å². The molecule has 1 saturated heterocycles. The van der Waals surface area contributed by atoms with Crippen LogP contribution in [-0.2, 0) is 9.53 Å². The van der Waals surface area contributed by atoms with E-state index >= 15 is 0 Å². The molecular weight excluding hydrogens is 313 g/mol. The number of benzene rings is 1. The molecular formula is C15H19Cl2NO3. The maximum atomic E-state index is 12.4. The van der Waals surface area contributed by atoms with Crippen LogP contribution in [-0.4, -0.2) is 42.2 Å². The second kappa shape index (κ2) is 6.42. The summed E-state index contributed by atoms with van der Waals surface area (Å²) >= 11 is 11.8. The first-order valence-electron chi connectivity index (χ1n) is 6.83. The Labute approximate surface area is 134 Å². The Kier molecular flexibility index (Phi) is 5.02. The second-order valence-corrected chi connectivity index (χ2v) is 6.52. The monoisotopic (exact) mass is 331 g/mol. The van der Waals surface area contributed by atoms with Gasteiger partial charge >= 0.3 is 0 Å². The van der Waals surface area contributed by atoms with E-state index in [0.717, 1.165) is 0 Å². The number of hydrogen-bond acceptors (Lipinski definition) is 3. The van der Waals surface area contributed by atoms with Crippen molar-refractivity contribution in [1.82, 2.24) is 4.90 Å². The maximum absolute atomic E-state index is 12.4. The van der Waals surface area contributed by atoms with Crippen LogP contribution in [0.4, 0.5) is 0 Å². The lowest BCUT2D eigenvalue weighted by Gasteiger charge is -2.39. The zero-order valence-electron chi connectivity index (χ0n) is 12.4. The molecule has 0 bridgehead atoms. The Hall–Kier alpha value is -0.970. The number of ether oxygens (including phenoxy) is 2. The van der Waals surface area contributed by atoms with Gasteiger partial charge in [0.15, 0.2) is 6.10 Å². The lowest BCUT2D eigenvalue weighted by molar-refractivity contribution is -0.152. The summed E-state index contributed by atoms with van der Waals surface area (Å²) in [6.07, 6.45) is -0.587. The molecule has 0 spiro atoms. The summed E-state index contributed by atoms with van der Waals surface area (Å²) in [7, 11) is 0. The molecule has 0 N–H and O–H groups in total. The van der Waals surface area contributed by atoms with E-state index in [0.29, 0.717) is 35.5 Å². The van der Waals surface area contributed by atoms with E-state index < -0.39 is 6.10 Å². The van der Waals surface area contributed by atoms with Gasteiger partial charge in [0.05, 0.1) is 22.3 Å². The molecule has 0 aliphatic carbocycles. The number of carbonyl (C=O) groups excluding carboxylic acids is 1. The van der Waals surface area contributed by atoms with Crippen molar-refractivity contribution < 1.29 is 14.3 Å². The number of hydrogen-bond donors (Lipinski definition) is 0. The summed E-state index contributed by atoms with van der Waals surface area (Å²) in [6, 6.07) is 4.95. The Morgan fingerprint density at radius 3 is 2.71 bits per heavy atom. The van der Waals surface area contributed by atoms with Crippen LogP contribution in [0.5, 0.6) is 5.75 Å². The van der Waals surface area contributed by atoms with Crippen molar-refractivity contribution in [2.75, 3.05) is 19.7 Å². The average molecular weight is 332 g/mol. The summed E-state index contributed by atoms with van der Waals surface area (Å²) in [5.41, 5.74) is -0.322. The van der Waals surface area contributed by atoms with Crippen LogP contribution in [0.2, 0.25) is 10.0 Å². The number of nitrogens with zero attached hydrogens (tertiary/aromatic N) is 1. The Bertz CT molecular complexity index is 534. The van der Waals surface area contributed by atoms with Gasteiger partial charge in [-0.3, -0.25) is 4.79 Å². The summed E-state index contributed by atoms with van der Waals surface area (Å²) in [4.78, 5) is 14.2. The van der Waals surface area contributed by atoms with Crippen molar-refractivity contribution in [3.63, 3.8) is 0 Å². The highest BCUT2D eigenvalue weighted by Crippen LogP contribution is 2.27. The first-order valence-corrected chi connectivity index (χ1v) is 7.58. The third kappa shape index (κ3) is 4.25. The smallest absolute Gasteiger partial charge is 0.263 e. The van der Waals surface area contributed by atoms with Gasteiger partial charge in [-0.15, -0.1) is 0 Å². The lowest BCUT2D eigenvalue weighted by Crippen LogP contribution is -2.53. The van der Waals surface area contributed by atoms with E-state index in [1.54, 1.807) is 30.0 Å². The fourth-order valence-electron chi connectivity index (χ4n) is 2.27. The second-order valence-electron chi connectivity index (χ2n) is 5.70. The van der Waals surface area contributed by atoms with E-state index in [9.17, 15) is 4.79 Å². The van der Waals surface area contributed by atoms with Crippen LogP contribution in [0, 0.1) is 0 Å². The van der Waals surface area contributed by atoms with Crippen molar-refractivity contribution in [2.24, 2.45) is 0 Å². The average Bonchev–Trinajstić information content (AvgIpc) is 2.41. The van der Waals surface area contributed by atoms with Gasteiger partial charge in [0.2, 0.25) is 0 Å². The van der Waals surface area contributed by atoms with Gasteiger partial charge in [0.1, 0.15) is 5.75 Å². The van der Waals surface area contributed by atoms with Crippen molar-refractivity contribution in [2.45, 2.75) is 32.5 Å². The fourth-order valence-corrected chi connectivity index (χ4v) is 2.55. The SMILES string of the molecule is CC(Oc1ccc(Cl)c(Cl)c1)C(=O)N1CCOC(C)(C)C1. The van der Waals surface area contributed by atoms with Crippen molar-refractivity contribution in [1.29, 1.82) is 0 Å². The van der Waals surface area contributed by atoms with Crippen LogP contribution in [0.3, 0.4) is 0 Å². The third-order valence-electron chi connectivity index (χ3n) is 3.29. The molecule has 21 heavy (non-hydrogen) atoms. The number of amides is 1. The minimum atomic E-state index is -0.587. The Morgan fingerprint density at radius 2 is 2.10 bits per heavy atom. The van der Waals surface area contributed by atoms with Gasteiger partial charge in [-0.1, -0.05) is 23.2 Å². The van der Waals surface area contributed by atoms with Gasteiger partial charge in [-0.05, 0) is 32.9 Å². The van der Waals surface area contributed by atoms with Crippen LogP contribution in [0.1, 0.15) is 20.8 Å². The molecule has 0 saturated carbocycles. The van der Waals surface area contributed by atoms with E-state index in [1.807, 2.05) is 13.8 Å². The molecule has 116 valence electrons. The Balaban J connectivity index is 2.00. The first-order chi connectivity index (χ1) is 9.78. The molecule has 1 aromatic rings. The van der Waals surface area contributed by atoms with Crippen LogP contribution < -0.4 is 4.74 Å². The fraction of sp³-hybridized carbons (Fsp3) is 0.533. The van der Waals surface area contributed by atoms with Crippen molar-refractivity contribution in [3.8, 4) is 5.75 Å². The van der Waals surface area contributed by atoms with Gasteiger partial charge in [-0.25, -0.2) is 0 Å². The highest BCUT2D eigenvalue weighted by Gasteiger charge is 2.32. The molecule has 1 aromatic carbocycles. The predicted molar refractivity (Wildman–Crippen MR) is 83.2 cm³/mol. The summed E-state index contributed by atoms with van der Waals surface area (Å²) in [6.45, 7) is 7.34. The first kappa shape index (κ1) is 16.4. The van der Waals surface area contributed by atoms with Gasteiger partial charge in [-0.2, -0.15) is 0 Å². The van der Waals surface area contributed by atoms with E-state index in [4.69, 9.17) is 32.7 Å². The molecule has 1 aliphatic rings. The molecule has 1 fully saturated rings. The molecule has 0 aromatic heterocycles. The van der Waals surface area contributed by atoms with E-state index in [1.165, 1.54) is 0 Å². The molecule has 1 heterocycles. The van der Waals surface area contributed by atoms with Gasteiger partial charge in [0, 0.05) is 19.2 Å². The van der Waals surface area contributed by atoms with Crippen molar-refractivity contribution >= 4 is 29.1 Å². The molecule has 1 aliphatic heterocycles. The Morgan fingerprint density at radius 1 is 1.38 bits per heavy atom. The predicted octanol–water partition coefficient (Wildman–Crippen LogP) is 3.40. The minimum absolute atomic E-state index is 0.0579. The molecule has 1 atom stereocenters. The topological polar surface area (TPSA) is 38.8 Å². The van der Waals surface area contributed by atoms with Crippen LogP contribution in [0.25, 0.3) is 0 Å². The highest BCUT2D eigenvalue weighted by atomic mass is 35.5. The zero-order chi connectivity index (χ0) is 15.6. The largest absolute Gasteiger partial charge is 0.481 e. The summed E-state index contributed by atoms with van der Waals surface area (Å²) in [5, 5.41) is 0.860. The summed E-state index contributed by atoms with van der Waals surface area (Å²) in [5.74, 6) is 0.468. The molecule has 4 nitrogen and oxygen atoms in total. The maximum Gasteiger partial charge on any atom is 0.263 e. The third-order valence-corrected chi connectivity index (χ3v) is 4.03. The normalized spacial score (nSPS) is 19.2. The standard InChI is InChI=1S/C15H19Cl2NO3/c1-10(21-11-4-5-12(16)13(17)8-11)14(19)18-6-7-20-15(2,3)9-18/h4-5,8,10H,6-7,9H2,1-3H3. The van der Waals surface area contributed by atoms with E-state index in [2.05, 4.69) is 0 Å². The van der Waals surface area contributed by atoms with Gasteiger partial charge in [0.25, 0.3) is 5.91 Å². The molecule has 1 amide bonds. The number of carbonyl (C=O) groups is 1. The van der Waals surface area contributed by atoms with Gasteiger partial charge < -0.3 is 14.4 Å². The number of rotatable bonds is 3. The minimum Gasteiger partial charge on any atom is -0.481 e. The molecule has 1 unspecified atom stereocenters. The van der Waals surface area contributed by atoms with Crippen molar-refractivity contribution in [3.05, 3.63) is 28.2 Å². The summed E-state index contributed by atoms with van der Waals surface area (Å²) < 4.78 is 11.3. The number of morpholine rings is 1. The van der Waals surface area contributed by atoms with Crippen LogP contribution >= 0.6 is 23.2 Å². The molecule has 0 radical (unpaired) electrons. The zero-order valence-corrected chi connectivity index (χ0v) is 13.9. The quantitative estimate of drug-likeness (QED) is 0.852. The van der Waals surface area contributed by atoms with E-state index in [-0.39, 0.29) is 11.5 Å². The number of halogens is 2. The molecule has 2 rings (SSSR count).